The third-order valence-electron chi connectivity index (χ3n) is 4.30. The maximum absolute atomic E-state index is 12.7. The van der Waals surface area contributed by atoms with Gasteiger partial charge < -0.3 is 19.2 Å². The molecule has 0 amide bonds. The summed E-state index contributed by atoms with van der Waals surface area (Å²) in [6, 6.07) is 10.6. The molecule has 0 saturated heterocycles. The lowest BCUT2D eigenvalue weighted by molar-refractivity contribution is -0.872. The summed E-state index contributed by atoms with van der Waals surface area (Å²) in [4.78, 5) is 13.7. The second kappa shape index (κ2) is 6.61. The van der Waals surface area contributed by atoms with Crippen LogP contribution in [0, 0.1) is 6.92 Å². The number of benzene rings is 2. The molecular formula is C20H21NO4. The molecule has 5 heteroatoms. The van der Waals surface area contributed by atoms with Crippen molar-refractivity contribution in [3.8, 4) is 22.6 Å². The van der Waals surface area contributed by atoms with Crippen LogP contribution in [-0.2, 0) is 6.54 Å². The van der Waals surface area contributed by atoms with Crippen molar-refractivity contribution in [3.63, 3.8) is 0 Å². The fourth-order valence-electron chi connectivity index (χ4n) is 3.07. The Bertz CT molecular complexity index is 972. The van der Waals surface area contributed by atoms with E-state index in [2.05, 4.69) is 0 Å². The topological polar surface area (TPSA) is 66.9 Å². The first-order valence-electron chi connectivity index (χ1n) is 8.12. The number of methoxy groups -OCH3 is 1. The summed E-state index contributed by atoms with van der Waals surface area (Å²) < 4.78 is 10.8. The van der Waals surface area contributed by atoms with Crippen molar-refractivity contribution in [1.82, 2.24) is 0 Å². The molecule has 5 nitrogen and oxygen atoms in total. The summed E-state index contributed by atoms with van der Waals surface area (Å²) in [5.41, 5.74) is 2.59. The van der Waals surface area contributed by atoms with Crippen molar-refractivity contribution < 1.29 is 19.2 Å². The van der Waals surface area contributed by atoms with Crippen molar-refractivity contribution in [2.24, 2.45) is 0 Å². The van der Waals surface area contributed by atoms with Crippen LogP contribution in [0.25, 0.3) is 22.1 Å². The number of aryl methyl sites for hydroxylation is 1. The fourth-order valence-corrected chi connectivity index (χ4v) is 3.07. The summed E-state index contributed by atoms with van der Waals surface area (Å²) in [6.07, 6.45) is 0. The van der Waals surface area contributed by atoms with Gasteiger partial charge in [0.1, 0.15) is 17.9 Å². The first kappa shape index (κ1) is 17.0. The standard InChI is InChI=1S/C20H21NO4/c1-12-15-9-10-17(22)16(11-21(2)3)19(15)25-20(23)18(12)13-5-7-14(24-4)8-6-13/h5-10,22H,11H2,1-4H3. The second-order valence-electron chi connectivity index (χ2n) is 6.42. The smallest absolute Gasteiger partial charge is 0.344 e. The van der Waals surface area contributed by atoms with Gasteiger partial charge in [0.05, 0.1) is 26.8 Å². The average molecular weight is 339 g/mol. The summed E-state index contributed by atoms with van der Waals surface area (Å²) in [6.45, 7) is 2.38. The van der Waals surface area contributed by atoms with Gasteiger partial charge in [-0.2, -0.15) is 0 Å². The van der Waals surface area contributed by atoms with Crippen molar-refractivity contribution in [3.05, 3.63) is 57.9 Å². The van der Waals surface area contributed by atoms with Crippen molar-refractivity contribution in [1.29, 1.82) is 0 Å². The monoisotopic (exact) mass is 339 g/mol. The van der Waals surface area contributed by atoms with E-state index in [1.165, 1.54) is 0 Å². The molecule has 130 valence electrons. The third-order valence-corrected chi connectivity index (χ3v) is 4.30. The Morgan fingerprint density at radius 2 is 1.80 bits per heavy atom. The Morgan fingerprint density at radius 1 is 1.12 bits per heavy atom. The quantitative estimate of drug-likeness (QED) is 0.732. The number of ether oxygens (including phenoxy) is 1. The SMILES string of the molecule is COc1ccc(-c2c(C)c3ccc([O-])c(C[NH+](C)C)c3oc2=O)cc1. The fraction of sp³-hybridized carbons (Fsp3) is 0.250. The van der Waals surface area contributed by atoms with E-state index >= 15 is 0 Å². The highest BCUT2D eigenvalue weighted by molar-refractivity contribution is 5.89. The molecule has 0 aliphatic carbocycles. The van der Waals surface area contributed by atoms with Crippen molar-refractivity contribution >= 4 is 11.0 Å². The number of fused-ring (bicyclic) bond motifs is 1. The van der Waals surface area contributed by atoms with E-state index < -0.39 is 5.63 Å². The first-order chi connectivity index (χ1) is 11.9. The van der Waals surface area contributed by atoms with Gasteiger partial charge >= 0.3 is 5.63 Å². The summed E-state index contributed by atoms with van der Waals surface area (Å²) in [7, 11) is 5.50. The van der Waals surface area contributed by atoms with Gasteiger partial charge in [0.15, 0.2) is 0 Å². The zero-order valence-corrected chi connectivity index (χ0v) is 14.8. The molecule has 1 N–H and O–H groups in total. The molecule has 0 radical (unpaired) electrons. The minimum atomic E-state index is -0.434. The summed E-state index contributed by atoms with van der Waals surface area (Å²) in [5, 5.41) is 13.0. The van der Waals surface area contributed by atoms with Crippen LogP contribution in [-0.4, -0.2) is 21.2 Å². The van der Waals surface area contributed by atoms with Gasteiger partial charge in [-0.15, -0.1) is 0 Å². The molecule has 0 atom stereocenters. The van der Waals surface area contributed by atoms with Gasteiger partial charge in [-0.25, -0.2) is 4.79 Å². The second-order valence-corrected chi connectivity index (χ2v) is 6.42. The largest absolute Gasteiger partial charge is 0.872 e. The van der Waals surface area contributed by atoms with Crippen LogP contribution >= 0.6 is 0 Å². The molecule has 3 aromatic rings. The molecule has 3 rings (SSSR count). The highest BCUT2D eigenvalue weighted by Crippen LogP contribution is 2.31. The molecule has 0 saturated carbocycles. The molecule has 0 spiro atoms. The normalized spacial score (nSPS) is 11.2. The molecule has 1 heterocycles. The molecule has 1 aromatic heterocycles. The molecule has 0 fully saturated rings. The first-order valence-corrected chi connectivity index (χ1v) is 8.12. The van der Waals surface area contributed by atoms with Gasteiger partial charge in [0.2, 0.25) is 0 Å². The van der Waals surface area contributed by atoms with Crippen LogP contribution in [0.3, 0.4) is 0 Å². The molecular weight excluding hydrogens is 318 g/mol. The van der Waals surface area contributed by atoms with Crippen LogP contribution in [0.2, 0.25) is 0 Å². The highest BCUT2D eigenvalue weighted by Gasteiger charge is 2.17. The molecule has 2 aromatic carbocycles. The number of rotatable bonds is 4. The molecule has 0 aliphatic heterocycles. The molecule has 0 unspecified atom stereocenters. The van der Waals surface area contributed by atoms with Crippen molar-refractivity contribution in [2.75, 3.05) is 21.2 Å². The van der Waals surface area contributed by atoms with E-state index in [0.717, 1.165) is 27.2 Å². The molecule has 25 heavy (non-hydrogen) atoms. The highest BCUT2D eigenvalue weighted by atomic mass is 16.5. The van der Waals surface area contributed by atoms with Gasteiger partial charge in [-0.1, -0.05) is 30.0 Å². The number of quaternary nitrogens is 1. The van der Waals surface area contributed by atoms with Gasteiger partial charge in [-0.3, -0.25) is 0 Å². The van der Waals surface area contributed by atoms with Crippen molar-refractivity contribution in [2.45, 2.75) is 13.5 Å². The van der Waals surface area contributed by atoms with E-state index in [4.69, 9.17) is 9.15 Å². The number of hydrogen-bond acceptors (Lipinski definition) is 4. The maximum Gasteiger partial charge on any atom is 0.344 e. The van der Waals surface area contributed by atoms with E-state index in [0.29, 0.717) is 23.3 Å². The minimum Gasteiger partial charge on any atom is -0.872 e. The van der Waals surface area contributed by atoms with Crippen LogP contribution in [0.15, 0.2) is 45.6 Å². The lowest BCUT2D eigenvalue weighted by atomic mass is 9.98. The third kappa shape index (κ3) is 3.10. The van der Waals surface area contributed by atoms with Gasteiger partial charge in [0, 0.05) is 10.9 Å². The van der Waals surface area contributed by atoms with E-state index in [1.54, 1.807) is 31.4 Å². The summed E-state index contributed by atoms with van der Waals surface area (Å²) in [5.74, 6) is 0.618. The summed E-state index contributed by atoms with van der Waals surface area (Å²) >= 11 is 0. The lowest BCUT2D eigenvalue weighted by Crippen LogP contribution is -3.04. The average Bonchev–Trinajstić information content (AvgIpc) is 2.58. The zero-order chi connectivity index (χ0) is 18.1. The van der Waals surface area contributed by atoms with Crippen LogP contribution in [0.5, 0.6) is 11.5 Å². The number of nitrogens with one attached hydrogen (secondary N) is 1. The Kier molecular flexibility index (Phi) is 4.51. The van der Waals surface area contributed by atoms with Crippen LogP contribution in [0.4, 0.5) is 0 Å². The zero-order valence-electron chi connectivity index (χ0n) is 14.8. The molecule has 0 bridgehead atoms. The molecule has 0 aliphatic rings. The van der Waals surface area contributed by atoms with E-state index in [9.17, 15) is 9.90 Å². The van der Waals surface area contributed by atoms with Gasteiger partial charge in [-0.05, 0) is 30.2 Å². The Hall–Kier alpha value is -2.79. The van der Waals surface area contributed by atoms with Gasteiger partial charge in [0.25, 0.3) is 0 Å². The van der Waals surface area contributed by atoms with Crippen LogP contribution in [0.1, 0.15) is 11.1 Å². The van der Waals surface area contributed by atoms with E-state index in [1.807, 2.05) is 33.2 Å². The predicted molar refractivity (Wildman–Crippen MR) is 95.2 cm³/mol. The number of hydrogen-bond donors (Lipinski definition) is 1. The van der Waals surface area contributed by atoms with E-state index in [-0.39, 0.29) is 5.75 Å². The Balaban J connectivity index is 2.26. The minimum absolute atomic E-state index is 0.103. The maximum atomic E-state index is 12.7. The lowest BCUT2D eigenvalue weighted by Gasteiger charge is -2.18. The predicted octanol–water partition coefficient (Wildman–Crippen LogP) is 1.50. The Morgan fingerprint density at radius 3 is 2.40 bits per heavy atom. The Labute approximate surface area is 146 Å². The van der Waals surface area contributed by atoms with Crippen LogP contribution < -0.4 is 20.4 Å².